The lowest BCUT2D eigenvalue weighted by molar-refractivity contribution is -0.135. The Hall–Kier alpha value is -3.28. The first-order valence-corrected chi connectivity index (χ1v) is 9.87. The number of amides is 2. The van der Waals surface area contributed by atoms with Gasteiger partial charge < -0.3 is 19.5 Å². The molecule has 3 aromatic rings. The van der Waals surface area contributed by atoms with Gasteiger partial charge in [-0.05, 0) is 48.6 Å². The Kier molecular flexibility index (Phi) is 5.25. The van der Waals surface area contributed by atoms with Crippen LogP contribution in [-0.4, -0.2) is 16.7 Å². The topological polar surface area (TPSA) is 89.7 Å². The number of benzene rings is 1. The van der Waals surface area contributed by atoms with Gasteiger partial charge in [-0.1, -0.05) is 43.2 Å². The van der Waals surface area contributed by atoms with E-state index in [1.807, 2.05) is 30.3 Å². The molecule has 150 valence electrons. The maximum Gasteiger partial charge on any atom is 0.291 e. The van der Waals surface area contributed by atoms with Gasteiger partial charge in [0.1, 0.15) is 5.76 Å². The van der Waals surface area contributed by atoms with Crippen LogP contribution in [0.15, 0.2) is 76.0 Å². The summed E-state index contributed by atoms with van der Waals surface area (Å²) < 4.78 is 11.1. The molecular weight excluding hydrogens is 368 g/mol. The highest BCUT2D eigenvalue weighted by atomic mass is 16.3. The lowest BCUT2D eigenvalue weighted by atomic mass is 9.77. The first kappa shape index (κ1) is 19.1. The van der Waals surface area contributed by atoms with Crippen molar-refractivity contribution in [2.45, 2.75) is 37.8 Å². The van der Waals surface area contributed by atoms with Crippen LogP contribution in [-0.2, 0) is 16.9 Å². The van der Waals surface area contributed by atoms with Crippen molar-refractivity contribution in [2.75, 3.05) is 0 Å². The van der Waals surface area contributed by atoms with E-state index in [9.17, 15) is 9.59 Å². The lowest BCUT2D eigenvalue weighted by Crippen LogP contribution is -2.60. The van der Waals surface area contributed by atoms with Crippen LogP contribution in [0.25, 0.3) is 0 Å². The highest BCUT2D eigenvalue weighted by molar-refractivity contribution is 5.97. The second-order valence-corrected chi connectivity index (χ2v) is 7.44. The zero-order chi connectivity index (χ0) is 20.3. The Bertz CT molecular complexity index is 944. The average Bonchev–Trinajstić information content (AvgIpc) is 3.51. The van der Waals surface area contributed by atoms with Gasteiger partial charge in [-0.2, -0.15) is 0 Å². The van der Waals surface area contributed by atoms with E-state index in [4.69, 9.17) is 14.6 Å². The molecule has 1 atom stereocenters. The number of rotatable bonds is 7. The SMILES string of the molecule is NC(=O)C(c1ccco1)(C1CCCC1)N(Cc1ccccc1)C(=O)c1ccco1. The Labute approximate surface area is 169 Å². The van der Waals surface area contributed by atoms with Crippen LogP contribution in [0.2, 0.25) is 0 Å². The third-order valence-electron chi connectivity index (χ3n) is 5.80. The van der Waals surface area contributed by atoms with Crippen molar-refractivity contribution in [2.24, 2.45) is 11.7 Å². The molecule has 0 saturated heterocycles. The van der Waals surface area contributed by atoms with Crippen LogP contribution in [0.1, 0.15) is 47.6 Å². The van der Waals surface area contributed by atoms with Gasteiger partial charge in [-0.3, -0.25) is 9.59 Å². The molecule has 0 radical (unpaired) electrons. The third kappa shape index (κ3) is 3.35. The molecule has 6 nitrogen and oxygen atoms in total. The van der Waals surface area contributed by atoms with E-state index < -0.39 is 11.4 Å². The Balaban J connectivity index is 1.89. The van der Waals surface area contributed by atoms with Crippen LogP contribution in [0.4, 0.5) is 0 Å². The predicted molar refractivity (Wildman–Crippen MR) is 107 cm³/mol. The van der Waals surface area contributed by atoms with E-state index in [1.54, 1.807) is 29.2 Å². The zero-order valence-electron chi connectivity index (χ0n) is 16.1. The van der Waals surface area contributed by atoms with Crippen molar-refractivity contribution < 1.29 is 18.4 Å². The van der Waals surface area contributed by atoms with Gasteiger partial charge in [0.2, 0.25) is 0 Å². The van der Waals surface area contributed by atoms with Gasteiger partial charge in [-0.15, -0.1) is 0 Å². The highest BCUT2D eigenvalue weighted by Crippen LogP contribution is 2.46. The van der Waals surface area contributed by atoms with Crippen LogP contribution in [0.3, 0.4) is 0 Å². The molecule has 1 aromatic carbocycles. The summed E-state index contributed by atoms with van der Waals surface area (Å²) in [6.07, 6.45) is 6.51. The van der Waals surface area contributed by atoms with E-state index >= 15 is 0 Å². The number of primary amides is 1. The number of hydrogen-bond donors (Lipinski definition) is 1. The first-order valence-electron chi connectivity index (χ1n) is 9.87. The van der Waals surface area contributed by atoms with E-state index in [0.717, 1.165) is 31.2 Å². The summed E-state index contributed by atoms with van der Waals surface area (Å²) in [5.41, 5.74) is 5.57. The molecule has 1 aliphatic carbocycles. The Morgan fingerprint density at radius 3 is 2.24 bits per heavy atom. The fraction of sp³-hybridized carbons (Fsp3) is 0.304. The van der Waals surface area contributed by atoms with Crippen LogP contribution >= 0.6 is 0 Å². The molecule has 0 spiro atoms. The molecule has 1 fully saturated rings. The molecule has 1 saturated carbocycles. The molecule has 2 aromatic heterocycles. The molecule has 1 unspecified atom stereocenters. The highest BCUT2D eigenvalue weighted by Gasteiger charge is 2.55. The van der Waals surface area contributed by atoms with Crippen LogP contribution in [0.5, 0.6) is 0 Å². The molecule has 0 aliphatic heterocycles. The minimum Gasteiger partial charge on any atom is -0.466 e. The predicted octanol–water partition coefficient (Wildman–Crippen LogP) is 4.09. The molecule has 0 bridgehead atoms. The number of carbonyl (C=O) groups is 2. The quantitative estimate of drug-likeness (QED) is 0.656. The lowest BCUT2D eigenvalue weighted by Gasteiger charge is -2.43. The van der Waals surface area contributed by atoms with Crippen molar-refractivity contribution in [1.82, 2.24) is 4.90 Å². The van der Waals surface area contributed by atoms with E-state index in [2.05, 4.69) is 0 Å². The molecular formula is C23H24N2O4. The molecule has 1 aliphatic rings. The fourth-order valence-electron chi connectivity index (χ4n) is 4.51. The number of furan rings is 2. The number of hydrogen-bond acceptors (Lipinski definition) is 4. The smallest absolute Gasteiger partial charge is 0.291 e. The standard InChI is InChI=1S/C23H24N2O4/c24-22(27)23(18-10-4-5-11-18,20-13-7-15-29-20)25(16-17-8-2-1-3-9-17)21(26)19-12-6-14-28-19/h1-3,6-9,12-15,18H,4-5,10-11,16H2,(H2,24,27). The summed E-state index contributed by atoms with van der Waals surface area (Å²) in [6.45, 7) is 0.209. The summed E-state index contributed by atoms with van der Waals surface area (Å²) >= 11 is 0. The van der Waals surface area contributed by atoms with Gasteiger partial charge in [0, 0.05) is 6.54 Å². The normalized spacial score (nSPS) is 16.4. The average molecular weight is 392 g/mol. The molecule has 29 heavy (non-hydrogen) atoms. The molecule has 6 heteroatoms. The summed E-state index contributed by atoms with van der Waals surface area (Å²) in [5.74, 6) is -0.547. The van der Waals surface area contributed by atoms with Crippen molar-refractivity contribution in [1.29, 1.82) is 0 Å². The second-order valence-electron chi connectivity index (χ2n) is 7.44. The summed E-state index contributed by atoms with van der Waals surface area (Å²) in [4.78, 5) is 28.3. The summed E-state index contributed by atoms with van der Waals surface area (Å²) in [6, 6.07) is 16.3. The van der Waals surface area contributed by atoms with Crippen LogP contribution < -0.4 is 5.73 Å². The third-order valence-corrected chi connectivity index (χ3v) is 5.80. The monoisotopic (exact) mass is 392 g/mol. The number of nitrogens with two attached hydrogens (primary N) is 1. The second kappa shape index (κ2) is 7.99. The minimum absolute atomic E-state index is 0.131. The first-order chi connectivity index (χ1) is 14.1. The number of nitrogens with zero attached hydrogens (tertiary/aromatic N) is 1. The zero-order valence-corrected chi connectivity index (χ0v) is 16.1. The van der Waals surface area contributed by atoms with Gasteiger partial charge >= 0.3 is 0 Å². The van der Waals surface area contributed by atoms with Gasteiger partial charge in [0.25, 0.3) is 11.8 Å². The summed E-state index contributed by atoms with van der Waals surface area (Å²) in [7, 11) is 0. The van der Waals surface area contributed by atoms with Gasteiger partial charge in [-0.25, -0.2) is 0 Å². The van der Waals surface area contributed by atoms with E-state index in [-0.39, 0.29) is 24.1 Å². The van der Waals surface area contributed by atoms with Gasteiger partial charge in [0.15, 0.2) is 11.3 Å². The van der Waals surface area contributed by atoms with Crippen molar-refractivity contribution in [3.05, 3.63) is 84.2 Å². The molecule has 2 N–H and O–H groups in total. The summed E-state index contributed by atoms with van der Waals surface area (Å²) in [5, 5.41) is 0. The van der Waals surface area contributed by atoms with Crippen molar-refractivity contribution in [3.8, 4) is 0 Å². The minimum atomic E-state index is -1.39. The Morgan fingerprint density at radius 2 is 1.66 bits per heavy atom. The molecule has 4 rings (SSSR count). The van der Waals surface area contributed by atoms with Crippen molar-refractivity contribution in [3.63, 3.8) is 0 Å². The fourth-order valence-corrected chi connectivity index (χ4v) is 4.51. The van der Waals surface area contributed by atoms with E-state index in [1.165, 1.54) is 12.5 Å². The molecule has 2 heterocycles. The van der Waals surface area contributed by atoms with Crippen molar-refractivity contribution >= 4 is 11.8 Å². The maximum atomic E-state index is 13.6. The van der Waals surface area contributed by atoms with Gasteiger partial charge in [0.05, 0.1) is 12.5 Å². The largest absolute Gasteiger partial charge is 0.466 e. The maximum absolute atomic E-state index is 13.6. The van der Waals surface area contributed by atoms with Crippen LogP contribution in [0, 0.1) is 5.92 Å². The van der Waals surface area contributed by atoms with E-state index in [0.29, 0.717) is 5.76 Å². The molecule has 2 amide bonds. The Morgan fingerprint density at radius 1 is 0.966 bits per heavy atom. The number of carbonyl (C=O) groups excluding carboxylic acids is 2.